The lowest BCUT2D eigenvalue weighted by atomic mass is 9.93. The van der Waals surface area contributed by atoms with Crippen LogP contribution in [-0.2, 0) is 22.4 Å². The van der Waals surface area contributed by atoms with Crippen molar-refractivity contribution >= 4 is 11.8 Å². The van der Waals surface area contributed by atoms with Gasteiger partial charge in [0.1, 0.15) is 11.6 Å². The van der Waals surface area contributed by atoms with E-state index in [-0.39, 0.29) is 17.5 Å². The van der Waals surface area contributed by atoms with E-state index in [2.05, 4.69) is 5.32 Å². The molecule has 1 saturated heterocycles. The highest BCUT2D eigenvalue weighted by molar-refractivity contribution is 5.88. The fourth-order valence-electron chi connectivity index (χ4n) is 3.63. The maximum atomic E-state index is 13.2. The van der Waals surface area contributed by atoms with Crippen LogP contribution in [0, 0.1) is 23.5 Å². The summed E-state index contributed by atoms with van der Waals surface area (Å²) in [6, 6.07) is 12.4. The van der Waals surface area contributed by atoms with Gasteiger partial charge in [-0.15, -0.1) is 0 Å². The average molecular weight is 401 g/mol. The first kappa shape index (κ1) is 20.9. The predicted octanol–water partition coefficient (Wildman–Crippen LogP) is 1.90. The summed E-state index contributed by atoms with van der Waals surface area (Å²) >= 11 is 0. The smallest absolute Gasteiger partial charge is 0.227 e. The fraction of sp³-hybridized carbons (Fsp3) is 0.364. The monoisotopic (exact) mass is 401 g/mol. The summed E-state index contributed by atoms with van der Waals surface area (Å²) in [4.78, 5) is 26.6. The van der Waals surface area contributed by atoms with Crippen LogP contribution in [-0.4, -0.2) is 42.9 Å². The number of halogens is 2. The molecule has 2 unspecified atom stereocenters. The number of rotatable bonds is 8. The van der Waals surface area contributed by atoms with Crippen molar-refractivity contribution in [1.29, 1.82) is 0 Å². The van der Waals surface area contributed by atoms with Crippen molar-refractivity contribution in [3.8, 4) is 0 Å². The van der Waals surface area contributed by atoms with Gasteiger partial charge in [-0.1, -0.05) is 24.3 Å². The van der Waals surface area contributed by atoms with Crippen LogP contribution >= 0.6 is 0 Å². The first-order chi connectivity index (χ1) is 13.9. The number of primary amides is 1. The van der Waals surface area contributed by atoms with Gasteiger partial charge in [0.15, 0.2) is 0 Å². The molecule has 29 heavy (non-hydrogen) atoms. The van der Waals surface area contributed by atoms with Crippen LogP contribution in [0.25, 0.3) is 0 Å². The standard InChI is InChI=1S/C22H25F2N3O2/c23-17-5-1-15(2-6-17)9-11-27(12-10-16-3-7-18(24)8-4-16)22(29)20-14-26-13-19(20)21(25)28/h1-8,19-20,26H,9-14H2,(H2,25,28). The molecule has 3 N–H and O–H groups in total. The summed E-state index contributed by atoms with van der Waals surface area (Å²) < 4.78 is 26.3. The molecular formula is C22H25F2N3O2. The van der Waals surface area contributed by atoms with E-state index in [0.29, 0.717) is 39.0 Å². The van der Waals surface area contributed by atoms with Gasteiger partial charge in [-0.25, -0.2) is 8.78 Å². The second kappa shape index (κ2) is 9.60. The average Bonchev–Trinajstić information content (AvgIpc) is 3.20. The van der Waals surface area contributed by atoms with Crippen LogP contribution in [0.15, 0.2) is 48.5 Å². The lowest BCUT2D eigenvalue weighted by Crippen LogP contribution is -2.44. The fourth-order valence-corrected chi connectivity index (χ4v) is 3.63. The number of carbonyl (C=O) groups is 2. The highest BCUT2D eigenvalue weighted by atomic mass is 19.1. The summed E-state index contributed by atoms with van der Waals surface area (Å²) in [6.07, 6.45) is 1.13. The Balaban J connectivity index is 1.70. The molecule has 2 aromatic carbocycles. The number of nitrogens with two attached hydrogens (primary N) is 1. The Bertz CT molecular complexity index is 791. The van der Waals surface area contributed by atoms with Crippen molar-refractivity contribution in [3.05, 3.63) is 71.3 Å². The molecule has 1 fully saturated rings. The van der Waals surface area contributed by atoms with E-state index in [1.54, 1.807) is 29.2 Å². The van der Waals surface area contributed by atoms with Crippen LogP contribution in [0.2, 0.25) is 0 Å². The molecule has 1 aliphatic heterocycles. The first-order valence-electron chi connectivity index (χ1n) is 9.72. The second-order valence-electron chi connectivity index (χ2n) is 7.35. The zero-order valence-corrected chi connectivity index (χ0v) is 16.1. The quantitative estimate of drug-likeness (QED) is 0.710. The summed E-state index contributed by atoms with van der Waals surface area (Å²) in [6.45, 7) is 1.69. The van der Waals surface area contributed by atoms with Crippen LogP contribution in [0.3, 0.4) is 0 Å². The van der Waals surface area contributed by atoms with Gasteiger partial charge in [-0.3, -0.25) is 9.59 Å². The van der Waals surface area contributed by atoms with E-state index in [1.165, 1.54) is 24.3 Å². The van der Waals surface area contributed by atoms with E-state index in [9.17, 15) is 18.4 Å². The number of hydrogen-bond donors (Lipinski definition) is 2. The predicted molar refractivity (Wildman–Crippen MR) is 106 cm³/mol. The van der Waals surface area contributed by atoms with Crippen molar-refractivity contribution in [2.45, 2.75) is 12.8 Å². The summed E-state index contributed by atoms with van der Waals surface area (Å²) in [5.41, 5.74) is 7.30. The highest BCUT2D eigenvalue weighted by Gasteiger charge is 2.38. The topological polar surface area (TPSA) is 75.4 Å². The third kappa shape index (κ3) is 5.60. The van der Waals surface area contributed by atoms with Crippen LogP contribution in [0.4, 0.5) is 8.78 Å². The largest absolute Gasteiger partial charge is 0.369 e. The van der Waals surface area contributed by atoms with E-state index in [0.717, 1.165) is 11.1 Å². The van der Waals surface area contributed by atoms with E-state index < -0.39 is 17.7 Å². The molecule has 154 valence electrons. The van der Waals surface area contributed by atoms with Gasteiger partial charge < -0.3 is 16.0 Å². The molecule has 5 nitrogen and oxygen atoms in total. The number of benzene rings is 2. The molecule has 0 saturated carbocycles. The number of nitrogens with one attached hydrogen (secondary N) is 1. The molecule has 0 aliphatic carbocycles. The highest BCUT2D eigenvalue weighted by Crippen LogP contribution is 2.20. The molecule has 1 heterocycles. The third-order valence-corrected chi connectivity index (χ3v) is 5.38. The minimum absolute atomic E-state index is 0.122. The lowest BCUT2D eigenvalue weighted by Gasteiger charge is -2.27. The normalized spacial score (nSPS) is 18.6. The Hall–Kier alpha value is -2.80. The van der Waals surface area contributed by atoms with E-state index in [4.69, 9.17) is 5.73 Å². The molecule has 0 spiro atoms. The zero-order chi connectivity index (χ0) is 20.8. The maximum Gasteiger partial charge on any atom is 0.227 e. The Morgan fingerprint density at radius 1 is 0.862 bits per heavy atom. The maximum absolute atomic E-state index is 13.2. The minimum Gasteiger partial charge on any atom is -0.369 e. The molecule has 0 bridgehead atoms. The van der Waals surface area contributed by atoms with Crippen molar-refractivity contribution in [2.24, 2.45) is 17.6 Å². The summed E-state index contributed by atoms with van der Waals surface area (Å²) in [5.74, 6) is -2.23. The molecule has 1 aliphatic rings. The molecule has 0 aromatic heterocycles. The lowest BCUT2D eigenvalue weighted by molar-refractivity contribution is -0.139. The van der Waals surface area contributed by atoms with Crippen LogP contribution in [0.5, 0.6) is 0 Å². The molecule has 0 radical (unpaired) electrons. The molecule has 2 amide bonds. The second-order valence-corrected chi connectivity index (χ2v) is 7.35. The van der Waals surface area contributed by atoms with Gasteiger partial charge in [-0.2, -0.15) is 0 Å². The number of nitrogens with zero attached hydrogens (tertiary/aromatic N) is 1. The van der Waals surface area contributed by atoms with Gasteiger partial charge >= 0.3 is 0 Å². The number of amides is 2. The summed E-state index contributed by atoms with van der Waals surface area (Å²) in [7, 11) is 0. The molecule has 2 atom stereocenters. The van der Waals surface area contributed by atoms with Gasteiger partial charge in [0, 0.05) is 26.2 Å². The number of hydrogen-bond acceptors (Lipinski definition) is 3. The van der Waals surface area contributed by atoms with Gasteiger partial charge in [0.2, 0.25) is 11.8 Å². The molecular weight excluding hydrogens is 376 g/mol. The first-order valence-corrected chi connectivity index (χ1v) is 9.72. The zero-order valence-electron chi connectivity index (χ0n) is 16.1. The van der Waals surface area contributed by atoms with E-state index in [1.807, 2.05) is 0 Å². The summed E-state index contributed by atoms with van der Waals surface area (Å²) in [5, 5.41) is 3.07. The third-order valence-electron chi connectivity index (χ3n) is 5.38. The SMILES string of the molecule is NC(=O)C1CNCC1C(=O)N(CCc1ccc(F)cc1)CCc1ccc(F)cc1. The van der Waals surface area contributed by atoms with Crippen molar-refractivity contribution < 1.29 is 18.4 Å². The van der Waals surface area contributed by atoms with Crippen molar-refractivity contribution in [1.82, 2.24) is 10.2 Å². The van der Waals surface area contributed by atoms with Crippen LogP contribution < -0.4 is 11.1 Å². The van der Waals surface area contributed by atoms with Crippen molar-refractivity contribution in [2.75, 3.05) is 26.2 Å². The molecule has 3 rings (SSSR count). The molecule has 2 aromatic rings. The Kier molecular flexibility index (Phi) is 6.93. The van der Waals surface area contributed by atoms with Gasteiger partial charge in [0.25, 0.3) is 0 Å². The van der Waals surface area contributed by atoms with Gasteiger partial charge in [0.05, 0.1) is 11.8 Å². The Labute approximate surface area is 168 Å². The van der Waals surface area contributed by atoms with Crippen LogP contribution in [0.1, 0.15) is 11.1 Å². The Morgan fingerprint density at radius 3 is 1.76 bits per heavy atom. The van der Waals surface area contributed by atoms with Crippen molar-refractivity contribution in [3.63, 3.8) is 0 Å². The molecule has 7 heteroatoms. The minimum atomic E-state index is -0.526. The van der Waals surface area contributed by atoms with E-state index >= 15 is 0 Å². The number of carbonyl (C=O) groups excluding carboxylic acids is 2. The Morgan fingerprint density at radius 2 is 1.31 bits per heavy atom. The van der Waals surface area contributed by atoms with Gasteiger partial charge in [-0.05, 0) is 48.2 Å².